The van der Waals surface area contributed by atoms with Gasteiger partial charge < -0.3 is 41.1 Å². The lowest BCUT2D eigenvalue weighted by Gasteiger charge is -2.34. The predicted molar refractivity (Wildman–Crippen MR) is 202 cm³/mol. The molecule has 0 radical (unpaired) electrons. The van der Waals surface area contributed by atoms with Gasteiger partial charge in [-0.05, 0) is 50.6 Å². The molecule has 3 atom stereocenters. The van der Waals surface area contributed by atoms with Crippen molar-refractivity contribution in [2.24, 2.45) is 5.73 Å². The number of hydrogen-bond donors (Lipinski definition) is 6. The normalized spacial score (nSPS) is 13.1. The van der Waals surface area contributed by atoms with Gasteiger partial charge in [-0.25, -0.2) is 23.5 Å². The lowest BCUT2D eigenvalue weighted by molar-refractivity contribution is -0.149. The molecular formula is C38H42FN6O11P. The number of rotatable bonds is 18. The van der Waals surface area contributed by atoms with Gasteiger partial charge in [0.15, 0.2) is 5.78 Å². The minimum absolute atomic E-state index is 0.0193. The van der Waals surface area contributed by atoms with E-state index in [0.29, 0.717) is 16.5 Å². The number of hydrogen-bond acceptors (Lipinski definition) is 10. The molecule has 0 aliphatic rings. The molecule has 0 aliphatic carbocycles. The van der Waals surface area contributed by atoms with Crippen LogP contribution in [0.5, 0.6) is 0 Å². The Morgan fingerprint density at radius 2 is 1.56 bits per heavy atom. The third kappa shape index (κ3) is 12.7. The fraction of sp³-hybridized carbons (Fsp3) is 0.289. The van der Waals surface area contributed by atoms with Crippen molar-refractivity contribution in [1.82, 2.24) is 25.8 Å². The van der Waals surface area contributed by atoms with E-state index in [1.807, 2.05) is 0 Å². The number of amides is 5. The summed E-state index contributed by atoms with van der Waals surface area (Å²) in [6, 6.07) is 17.1. The van der Waals surface area contributed by atoms with Crippen LogP contribution in [0.3, 0.4) is 0 Å². The molecule has 302 valence electrons. The van der Waals surface area contributed by atoms with Crippen molar-refractivity contribution in [2.45, 2.75) is 57.5 Å². The van der Waals surface area contributed by atoms with Gasteiger partial charge in [-0.2, -0.15) is 0 Å². The third-order valence-corrected chi connectivity index (χ3v) is 8.87. The molecule has 17 nitrogen and oxygen atoms in total. The number of esters is 1. The number of phosphoric acid groups is 1. The summed E-state index contributed by atoms with van der Waals surface area (Å²) in [7, 11) is -5.56. The number of fused-ring (bicyclic) bond motifs is 1. The minimum atomic E-state index is -5.56. The van der Waals surface area contributed by atoms with Crippen molar-refractivity contribution in [2.75, 3.05) is 13.2 Å². The topological polar surface area (TPSA) is 257 Å². The molecule has 0 spiro atoms. The van der Waals surface area contributed by atoms with Crippen molar-refractivity contribution in [1.29, 1.82) is 0 Å². The maximum Gasteiger partial charge on any atom is 0.470 e. The van der Waals surface area contributed by atoms with Crippen LogP contribution in [-0.4, -0.2) is 92.1 Å². The number of primary amides is 1. The number of urea groups is 1. The van der Waals surface area contributed by atoms with Crippen molar-refractivity contribution in [3.8, 4) is 0 Å². The number of nitrogens with two attached hydrogens (primary N) is 1. The number of halogens is 1. The average Bonchev–Trinajstić information content (AvgIpc) is 3.15. The van der Waals surface area contributed by atoms with Gasteiger partial charge >= 0.3 is 19.8 Å². The molecule has 1 aromatic heterocycles. The first-order valence-electron chi connectivity index (χ1n) is 17.4. The number of phosphoric ester groups is 1. The lowest BCUT2D eigenvalue weighted by Crippen LogP contribution is -2.60. The van der Waals surface area contributed by atoms with Gasteiger partial charge in [0.2, 0.25) is 11.8 Å². The number of nitrogens with one attached hydrogen (secondary N) is 3. The van der Waals surface area contributed by atoms with E-state index in [1.54, 1.807) is 43.3 Å². The summed E-state index contributed by atoms with van der Waals surface area (Å²) in [6.07, 6.45) is -2.85. The molecule has 1 heterocycles. The first kappa shape index (κ1) is 43.7. The van der Waals surface area contributed by atoms with Crippen LogP contribution in [0.25, 0.3) is 10.9 Å². The summed E-state index contributed by atoms with van der Waals surface area (Å²) in [5.41, 5.74) is 4.32. The van der Waals surface area contributed by atoms with E-state index in [1.165, 1.54) is 56.3 Å². The van der Waals surface area contributed by atoms with Crippen molar-refractivity contribution in [3.05, 3.63) is 114 Å². The largest absolute Gasteiger partial charge is 0.470 e. The molecule has 0 fully saturated rings. The molecule has 0 bridgehead atoms. The number of aromatic nitrogens is 1. The molecule has 3 aromatic carbocycles. The van der Waals surface area contributed by atoms with Crippen molar-refractivity contribution >= 4 is 54.2 Å². The van der Waals surface area contributed by atoms with Gasteiger partial charge in [-0.3, -0.25) is 23.7 Å². The Morgan fingerprint density at radius 3 is 2.19 bits per heavy atom. The average molecular weight is 809 g/mol. The van der Waals surface area contributed by atoms with E-state index < -0.39 is 92.4 Å². The molecule has 4 rings (SSSR count). The van der Waals surface area contributed by atoms with Gasteiger partial charge in [0.25, 0.3) is 5.91 Å². The predicted octanol–water partition coefficient (Wildman–Crippen LogP) is 2.75. The number of pyridine rings is 1. The summed E-state index contributed by atoms with van der Waals surface area (Å²) in [4.78, 5) is 106. The molecule has 0 saturated carbocycles. The Labute approximate surface area is 326 Å². The van der Waals surface area contributed by atoms with E-state index in [4.69, 9.17) is 15.0 Å². The first-order valence-corrected chi connectivity index (χ1v) is 19.0. The molecule has 4 aromatic rings. The van der Waals surface area contributed by atoms with Crippen LogP contribution in [0.4, 0.5) is 9.18 Å². The lowest BCUT2D eigenvalue weighted by atomic mass is 9.98. The van der Waals surface area contributed by atoms with Crippen molar-refractivity contribution in [3.63, 3.8) is 0 Å². The van der Waals surface area contributed by atoms with Crippen LogP contribution >= 0.6 is 7.82 Å². The maximum atomic E-state index is 14.2. The third-order valence-electron chi connectivity index (χ3n) is 8.32. The van der Waals surface area contributed by atoms with E-state index in [2.05, 4.69) is 20.9 Å². The highest BCUT2D eigenvalue weighted by Crippen LogP contribution is 2.39. The molecular weight excluding hydrogens is 766 g/mol. The number of nitrogens with zero attached hydrogens (tertiary/aromatic N) is 2. The SMILES string of the molecule is CCOC(=O)C(C)(C)NC(=O)N(Cc1ccc(F)cc1)CC(OP(=O)(O)O)C(NC(=O)C(CC(N)=O)NC(=O)c1ccc2ccccc2n1)C(=O)c1ccccc1. The second-order valence-corrected chi connectivity index (χ2v) is 14.4. The quantitative estimate of drug-likeness (QED) is 0.0482. The number of carbonyl (C=O) groups is 6. The number of ether oxygens (including phenoxy) is 1. The molecule has 7 N–H and O–H groups in total. The Morgan fingerprint density at radius 1 is 0.912 bits per heavy atom. The Kier molecular flexibility index (Phi) is 14.7. The Balaban J connectivity index is 1.75. The van der Waals surface area contributed by atoms with E-state index >= 15 is 0 Å². The highest BCUT2D eigenvalue weighted by atomic mass is 31.2. The number of Topliss-reactive ketones (excluding diaryl/α,β-unsaturated/α-hetero) is 1. The zero-order valence-corrected chi connectivity index (χ0v) is 32.0. The van der Waals surface area contributed by atoms with E-state index in [-0.39, 0.29) is 17.9 Å². The molecule has 57 heavy (non-hydrogen) atoms. The number of para-hydroxylation sites is 1. The molecule has 3 unspecified atom stereocenters. The molecule has 0 saturated heterocycles. The summed E-state index contributed by atoms with van der Waals surface area (Å²) in [5.74, 6) is -5.53. The van der Waals surface area contributed by atoms with Crippen LogP contribution in [-0.2, 0) is 34.8 Å². The fourth-order valence-corrected chi connectivity index (χ4v) is 6.07. The Hall–Kier alpha value is -6.07. The second-order valence-electron chi connectivity index (χ2n) is 13.2. The van der Waals surface area contributed by atoms with Crippen LogP contribution in [0.1, 0.15) is 53.6 Å². The smallest absolute Gasteiger partial charge is 0.464 e. The zero-order valence-electron chi connectivity index (χ0n) is 31.1. The van der Waals surface area contributed by atoms with Gasteiger partial charge in [-0.1, -0.05) is 66.7 Å². The van der Waals surface area contributed by atoms with Gasteiger partial charge in [0, 0.05) is 17.5 Å². The maximum absolute atomic E-state index is 14.2. The fourth-order valence-electron chi connectivity index (χ4n) is 5.53. The second kappa shape index (κ2) is 19.2. The van der Waals surface area contributed by atoms with E-state index in [0.717, 1.165) is 17.0 Å². The van der Waals surface area contributed by atoms with Crippen molar-refractivity contribution < 1.29 is 56.8 Å². The van der Waals surface area contributed by atoms with Gasteiger partial charge in [0.05, 0.1) is 25.1 Å². The van der Waals surface area contributed by atoms with Crippen LogP contribution in [0, 0.1) is 5.82 Å². The summed E-state index contributed by atoms with van der Waals surface area (Å²) in [5, 5.41) is 7.92. The van der Waals surface area contributed by atoms with Crippen LogP contribution < -0.4 is 21.7 Å². The van der Waals surface area contributed by atoms with Crippen LogP contribution in [0.15, 0.2) is 91.0 Å². The van der Waals surface area contributed by atoms with Gasteiger partial charge in [0.1, 0.15) is 35.2 Å². The highest BCUT2D eigenvalue weighted by molar-refractivity contribution is 7.46. The molecule has 0 aliphatic heterocycles. The molecule has 5 amide bonds. The van der Waals surface area contributed by atoms with Crippen LogP contribution in [0.2, 0.25) is 0 Å². The summed E-state index contributed by atoms with van der Waals surface area (Å²) in [6.45, 7) is 2.96. The monoisotopic (exact) mass is 808 g/mol. The Bertz CT molecular complexity index is 2150. The van der Waals surface area contributed by atoms with E-state index in [9.17, 15) is 47.5 Å². The highest BCUT2D eigenvalue weighted by Gasteiger charge is 2.41. The standard InChI is InChI=1S/C38H42FN6O11P/c1-4-55-36(50)38(2,3)44-37(51)45(21-23-14-17-26(39)18-15-23)22-30(56-57(52,53)54)32(33(47)25-11-6-5-7-12-25)43-35(49)29(20-31(40)46)42-34(48)28-19-16-24-10-8-9-13-27(24)41-28/h5-19,29-30,32H,4,20-22H2,1-3H3,(H2,40,46)(H,42,48)(H,43,49)(H,44,51)(H2,52,53,54). The minimum Gasteiger partial charge on any atom is -0.464 e. The number of carbonyl (C=O) groups excluding carboxylic acids is 6. The van der Waals surface area contributed by atoms with Gasteiger partial charge in [-0.15, -0.1) is 0 Å². The summed E-state index contributed by atoms with van der Waals surface area (Å²) < 4.78 is 36.5. The summed E-state index contributed by atoms with van der Waals surface area (Å²) >= 11 is 0. The zero-order chi connectivity index (χ0) is 41.9. The first-order chi connectivity index (χ1) is 26.9. The molecule has 19 heteroatoms. The number of ketones is 1. The number of benzene rings is 3.